The largest absolute Gasteiger partial charge is 0.479 e. The summed E-state index contributed by atoms with van der Waals surface area (Å²) < 4.78 is 14.6. The minimum absolute atomic E-state index is 0.0199. The molecular formula is C8H16O5. The molecule has 0 aromatic carbocycles. The maximum Gasteiger partial charge on any atom is 0.338 e. The minimum atomic E-state index is -1.28. The second kappa shape index (κ2) is 5.90. The van der Waals surface area contributed by atoms with Crippen LogP contribution in [0, 0.1) is 0 Å². The summed E-state index contributed by atoms with van der Waals surface area (Å²) in [4.78, 5) is 10.8. The summed E-state index contributed by atoms with van der Waals surface area (Å²) in [7, 11) is 2.96. The Bertz CT molecular complexity index is 159. The molecule has 0 aromatic rings. The van der Waals surface area contributed by atoms with Crippen molar-refractivity contribution in [1.82, 2.24) is 0 Å². The molecule has 0 radical (unpaired) electrons. The molecule has 1 unspecified atom stereocenters. The molecule has 5 nitrogen and oxygen atoms in total. The van der Waals surface area contributed by atoms with E-state index in [4.69, 9.17) is 19.3 Å². The summed E-state index contributed by atoms with van der Waals surface area (Å²) in [5.74, 6) is -1.04. The molecule has 1 atom stereocenters. The van der Waals surface area contributed by atoms with Crippen LogP contribution in [0.2, 0.25) is 0 Å². The molecule has 0 bridgehead atoms. The predicted molar refractivity (Wildman–Crippen MR) is 45.7 cm³/mol. The van der Waals surface area contributed by atoms with Crippen LogP contribution < -0.4 is 0 Å². The zero-order valence-electron chi connectivity index (χ0n) is 8.20. The first-order valence-electron chi connectivity index (χ1n) is 3.92. The monoisotopic (exact) mass is 192 g/mol. The topological polar surface area (TPSA) is 65.0 Å². The Labute approximate surface area is 77.6 Å². The van der Waals surface area contributed by atoms with E-state index >= 15 is 0 Å². The van der Waals surface area contributed by atoms with Crippen molar-refractivity contribution in [1.29, 1.82) is 0 Å². The van der Waals surface area contributed by atoms with Crippen molar-refractivity contribution in [3.63, 3.8) is 0 Å². The Morgan fingerprint density at radius 2 is 1.92 bits per heavy atom. The first kappa shape index (κ1) is 12.3. The van der Waals surface area contributed by atoms with Gasteiger partial charge < -0.3 is 19.3 Å². The fourth-order valence-corrected chi connectivity index (χ4v) is 0.791. The summed E-state index contributed by atoms with van der Waals surface area (Å²) >= 11 is 0. The van der Waals surface area contributed by atoms with E-state index in [1.54, 1.807) is 0 Å². The van der Waals surface area contributed by atoms with Gasteiger partial charge in [0.1, 0.15) is 0 Å². The van der Waals surface area contributed by atoms with Crippen LogP contribution in [0.3, 0.4) is 0 Å². The molecule has 5 heteroatoms. The smallest absolute Gasteiger partial charge is 0.338 e. The van der Waals surface area contributed by atoms with Gasteiger partial charge in [0.05, 0.1) is 19.8 Å². The van der Waals surface area contributed by atoms with E-state index in [9.17, 15) is 4.79 Å². The molecule has 0 aromatic heterocycles. The summed E-state index contributed by atoms with van der Waals surface area (Å²) in [6.45, 7) is 2.09. The molecule has 13 heavy (non-hydrogen) atoms. The van der Waals surface area contributed by atoms with Crippen LogP contribution in [-0.2, 0) is 19.0 Å². The number of hydrogen-bond donors (Lipinski definition) is 1. The summed E-state index contributed by atoms with van der Waals surface area (Å²) in [6, 6.07) is 0. The van der Waals surface area contributed by atoms with Crippen LogP contribution in [0.1, 0.15) is 6.92 Å². The van der Waals surface area contributed by atoms with Gasteiger partial charge in [0.2, 0.25) is 0 Å². The van der Waals surface area contributed by atoms with Crippen molar-refractivity contribution < 1.29 is 24.1 Å². The predicted octanol–water partition coefficient (Wildman–Crippen LogP) is 0.139. The summed E-state index contributed by atoms with van der Waals surface area (Å²) in [5.41, 5.74) is -1.28. The number of aliphatic carboxylic acids is 1. The fourth-order valence-electron chi connectivity index (χ4n) is 0.791. The van der Waals surface area contributed by atoms with E-state index in [1.165, 1.54) is 21.1 Å². The Hall–Kier alpha value is -0.650. The SMILES string of the molecule is COCCOC(C)(COC)C(=O)O. The van der Waals surface area contributed by atoms with Crippen LogP contribution in [0.15, 0.2) is 0 Å². The van der Waals surface area contributed by atoms with Crippen LogP contribution in [-0.4, -0.2) is 50.7 Å². The number of carboxylic acids is 1. The van der Waals surface area contributed by atoms with E-state index in [1.807, 2.05) is 0 Å². The lowest BCUT2D eigenvalue weighted by Gasteiger charge is -2.23. The molecule has 0 fully saturated rings. The highest BCUT2D eigenvalue weighted by molar-refractivity contribution is 5.77. The van der Waals surface area contributed by atoms with Gasteiger partial charge in [0, 0.05) is 14.2 Å². The molecule has 0 saturated carbocycles. The number of carbonyl (C=O) groups is 1. The molecule has 0 aliphatic heterocycles. The Morgan fingerprint density at radius 3 is 2.31 bits per heavy atom. The Morgan fingerprint density at radius 1 is 1.31 bits per heavy atom. The summed E-state index contributed by atoms with van der Waals surface area (Å²) in [5, 5.41) is 8.82. The van der Waals surface area contributed by atoms with Gasteiger partial charge in [-0.05, 0) is 6.92 Å². The lowest BCUT2D eigenvalue weighted by Crippen LogP contribution is -2.43. The van der Waals surface area contributed by atoms with Crippen molar-refractivity contribution in [3.05, 3.63) is 0 Å². The molecule has 78 valence electrons. The van der Waals surface area contributed by atoms with Crippen molar-refractivity contribution in [2.24, 2.45) is 0 Å². The average molecular weight is 192 g/mol. The standard InChI is InChI=1S/C8H16O5/c1-8(6-12-3,7(9)10)13-5-4-11-2/h4-6H2,1-3H3,(H,9,10). The first-order valence-corrected chi connectivity index (χ1v) is 3.92. The normalized spacial score (nSPS) is 15.3. The van der Waals surface area contributed by atoms with E-state index < -0.39 is 11.6 Å². The van der Waals surface area contributed by atoms with Gasteiger partial charge in [-0.3, -0.25) is 0 Å². The maximum atomic E-state index is 10.8. The van der Waals surface area contributed by atoms with Gasteiger partial charge in [0.15, 0.2) is 5.60 Å². The Balaban J connectivity index is 4.00. The van der Waals surface area contributed by atoms with Gasteiger partial charge in [-0.2, -0.15) is 0 Å². The molecule has 0 rings (SSSR count). The third-order valence-electron chi connectivity index (χ3n) is 1.58. The van der Waals surface area contributed by atoms with Gasteiger partial charge in [-0.1, -0.05) is 0 Å². The zero-order chi connectivity index (χ0) is 10.3. The highest BCUT2D eigenvalue weighted by atomic mass is 16.6. The molecule has 0 amide bonds. The lowest BCUT2D eigenvalue weighted by atomic mass is 10.1. The molecule has 0 saturated heterocycles. The minimum Gasteiger partial charge on any atom is -0.479 e. The van der Waals surface area contributed by atoms with Gasteiger partial charge in [-0.25, -0.2) is 4.79 Å². The van der Waals surface area contributed by atoms with Crippen LogP contribution >= 0.6 is 0 Å². The summed E-state index contributed by atoms with van der Waals surface area (Å²) in [6.07, 6.45) is 0. The molecule has 1 N–H and O–H groups in total. The van der Waals surface area contributed by atoms with Crippen LogP contribution in [0.5, 0.6) is 0 Å². The zero-order valence-corrected chi connectivity index (χ0v) is 8.20. The third kappa shape index (κ3) is 4.21. The molecule has 0 aliphatic carbocycles. The van der Waals surface area contributed by atoms with E-state index in [0.717, 1.165) is 0 Å². The number of carboxylic acid groups (broad SMARTS) is 1. The molecule has 0 heterocycles. The van der Waals surface area contributed by atoms with Crippen LogP contribution in [0.4, 0.5) is 0 Å². The third-order valence-corrected chi connectivity index (χ3v) is 1.58. The van der Waals surface area contributed by atoms with Crippen molar-refractivity contribution in [3.8, 4) is 0 Å². The maximum absolute atomic E-state index is 10.8. The Kier molecular flexibility index (Phi) is 5.61. The first-order chi connectivity index (χ1) is 6.06. The van der Waals surface area contributed by atoms with E-state index in [-0.39, 0.29) is 13.2 Å². The van der Waals surface area contributed by atoms with E-state index in [2.05, 4.69) is 0 Å². The molecule has 0 spiro atoms. The highest BCUT2D eigenvalue weighted by Crippen LogP contribution is 2.10. The highest BCUT2D eigenvalue weighted by Gasteiger charge is 2.34. The quantitative estimate of drug-likeness (QED) is 0.581. The fraction of sp³-hybridized carbons (Fsp3) is 0.875. The second-order valence-corrected chi connectivity index (χ2v) is 2.81. The van der Waals surface area contributed by atoms with Gasteiger partial charge >= 0.3 is 5.97 Å². The lowest BCUT2D eigenvalue weighted by molar-refractivity contribution is -0.172. The van der Waals surface area contributed by atoms with Gasteiger partial charge in [-0.15, -0.1) is 0 Å². The van der Waals surface area contributed by atoms with Gasteiger partial charge in [0.25, 0.3) is 0 Å². The number of hydrogen-bond acceptors (Lipinski definition) is 4. The number of rotatable bonds is 7. The average Bonchev–Trinajstić information content (AvgIpc) is 2.05. The van der Waals surface area contributed by atoms with E-state index in [0.29, 0.717) is 6.61 Å². The number of methoxy groups -OCH3 is 2. The molecular weight excluding hydrogens is 176 g/mol. The van der Waals surface area contributed by atoms with Crippen molar-refractivity contribution in [2.75, 3.05) is 34.0 Å². The molecule has 0 aliphatic rings. The number of ether oxygens (including phenoxy) is 3. The second-order valence-electron chi connectivity index (χ2n) is 2.81. The van der Waals surface area contributed by atoms with Crippen molar-refractivity contribution >= 4 is 5.97 Å². The van der Waals surface area contributed by atoms with Crippen LogP contribution in [0.25, 0.3) is 0 Å². The van der Waals surface area contributed by atoms with Crippen molar-refractivity contribution in [2.45, 2.75) is 12.5 Å².